The van der Waals surface area contributed by atoms with Crippen LogP contribution in [0.3, 0.4) is 0 Å². The fourth-order valence-electron chi connectivity index (χ4n) is 2.29. The summed E-state index contributed by atoms with van der Waals surface area (Å²) in [5.41, 5.74) is 1.62. The van der Waals surface area contributed by atoms with Gasteiger partial charge in [0.1, 0.15) is 11.6 Å². The van der Waals surface area contributed by atoms with E-state index in [1.54, 1.807) is 18.2 Å². The van der Waals surface area contributed by atoms with E-state index in [0.717, 1.165) is 10.0 Å². The fraction of sp³-hybridized carbons (Fsp3) is 0.294. The zero-order chi connectivity index (χ0) is 15.4. The summed E-state index contributed by atoms with van der Waals surface area (Å²) in [5.74, 6) is -0.173. The second-order valence-corrected chi connectivity index (χ2v) is 6.31. The highest BCUT2D eigenvalue weighted by atomic mass is 79.9. The second kappa shape index (κ2) is 7.14. The largest absolute Gasteiger partial charge is 0.306 e. The summed E-state index contributed by atoms with van der Waals surface area (Å²) in [7, 11) is 0. The summed E-state index contributed by atoms with van der Waals surface area (Å²) in [5, 5.41) is 3.35. The Bertz CT molecular complexity index is 596. The number of benzene rings is 2. The van der Waals surface area contributed by atoms with E-state index in [0.29, 0.717) is 18.0 Å². The molecule has 0 aliphatic rings. The van der Waals surface area contributed by atoms with Gasteiger partial charge in [-0.15, -0.1) is 0 Å². The molecule has 1 unspecified atom stereocenters. The minimum Gasteiger partial charge on any atom is -0.306 e. The van der Waals surface area contributed by atoms with Crippen LogP contribution < -0.4 is 5.32 Å². The molecule has 1 atom stereocenters. The zero-order valence-electron chi connectivity index (χ0n) is 12.0. The Hall–Kier alpha value is -1.26. The molecule has 4 heteroatoms. The van der Waals surface area contributed by atoms with Gasteiger partial charge in [-0.3, -0.25) is 0 Å². The van der Waals surface area contributed by atoms with Crippen LogP contribution in [-0.2, 0) is 6.54 Å². The maximum Gasteiger partial charge on any atom is 0.128 e. The van der Waals surface area contributed by atoms with Crippen molar-refractivity contribution in [3.63, 3.8) is 0 Å². The molecule has 0 spiro atoms. The van der Waals surface area contributed by atoms with E-state index >= 15 is 0 Å². The normalized spacial score (nSPS) is 12.7. The van der Waals surface area contributed by atoms with Crippen LogP contribution in [0.2, 0.25) is 0 Å². The molecule has 21 heavy (non-hydrogen) atoms. The van der Waals surface area contributed by atoms with Crippen molar-refractivity contribution in [2.75, 3.05) is 0 Å². The predicted octanol–water partition coefficient (Wildman–Crippen LogP) is 5.21. The summed E-state index contributed by atoms with van der Waals surface area (Å²) < 4.78 is 27.6. The molecule has 0 heterocycles. The van der Waals surface area contributed by atoms with E-state index in [1.165, 1.54) is 18.2 Å². The number of rotatable bonds is 5. The molecule has 0 amide bonds. The van der Waals surface area contributed by atoms with Crippen molar-refractivity contribution < 1.29 is 8.78 Å². The van der Waals surface area contributed by atoms with Gasteiger partial charge in [0.25, 0.3) is 0 Å². The van der Waals surface area contributed by atoms with Gasteiger partial charge in [-0.2, -0.15) is 0 Å². The second-order valence-electron chi connectivity index (χ2n) is 5.39. The molecular weight excluding hydrogens is 336 g/mol. The number of nitrogens with one attached hydrogen (secondary N) is 1. The van der Waals surface area contributed by atoms with E-state index in [2.05, 4.69) is 35.1 Å². The third-order valence-electron chi connectivity index (χ3n) is 3.42. The Kier molecular flexibility index (Phi) is 5.48. The van der Waals surface area contributed by atoms with Crippen LogP contribution in [0.4, 0.5) is 8.78 Å². The Morgan fingerprint density at radius 3 is 2.29 bits per heavy atom. The first-order valence-electron chi connectivity index (χ1n) is 6.90. The van der Waals surface area contributed by atoms with Gasteiger partial charge < -0.3 is 5.32 Å². The number of hydrogen-bond acceptors (Lipinski definition) is 1. The van der Waals surface area contributed by atoms with Crippen molar-refractivity contribution in [1.29, 1.82) is 0 Å². The van der Waals surface area contributed by atoms with Crippen LogP contribution in [0.25, 0.3) is 0 Å². The van der Waals surface area contributed by atoms with Gasteiger partial charge >= 0.3 is 0 Å². The van der Waals surface area contributed by atoms with Gasteiger partial charge in [-0.05, 0) is 35.7 Å². The fourth-order valence-corrected chi connectivity index (χ4v) is 2.63. The van der Waals surface area contributed by atoms with E-state index in [4.69, 9.17) is 0 Å². The first kappa shape index (κ1) is 16.1. The molecule has 0 bridgehead atoms. The van der Waals surface area contributed by atoms with Crippen LogP contribution in [-0.4, -0.2) is 0 Å². The van der Waals surface area contributed by atoms with Gasteiger partial charge in [0, 0.05) is 22.6 Å². The molecule has 1 N–H and O–H groups in total. The van der Waals surface area contributed by atoms with Crippen LogP contribution >= 0.6 is 15.9 Å². The lowest BCUT2D eigenvalue weighted by molar-refractivity contribution is 0.406. The highest BCUT2D eigenvalue weighted by Crippen LogP contribution is 2.23. The van der Waals surface area contributed by atoms with Crippen molar-refractivity contribution in [2.45, 2.75) is 26.4 Å². The van der Waals surface area contributed by atoms with Crippen molar-refractivity contribution >= 4 is 15.9 Å². The van der Waals surface area contributed by atoms with E-state index < -0.39 is 0 Å². The minimum absolute atomic E-state index is 0.0497. The molecule has 0 aromatic heterocycles. The average molecular weight is 354 g/mol. The third-order valence-corrected chi connectivity index (χ3v) is 3.92. The lowest BCUT2D eigenvalue weighted by Crippen LogP contribution is -2.25. The van der Waals surface area contributed by atoms with Gasteiger partial charge in [0.15, 0.2) is 0 Å². The smallest absolute Gasteiger partial charge is 0.128 e. The highest BCUT2D eigenvalue weighted by molar-refractivity contribution is 9.10. The summed E-state index contributed by atoms with van der Waals surface area (Å²) in [6, 6.07) is 11.5. The quantitative estimate of drug-likeness (QED) is 0.777. The Morgan fingerprint density at radius 1 is 1.05 bits per heavy atom. The van der Waals surface area contributed by atoms with Crippen molar-refractivity contribution in [3.05, 3.63) is 69.7 Å². The van der Waals surface area contributed by atoms with E-state index in [1.807, 2.05) is 6.07 Å². The van der Waals surface area contributed by atoms with Crippen molar-refractivity contribution in [3.8, 4) is 0 Å². The van der Waals surface area contributed by atoms with Gasteiger partial charge in [-0.25, -0.2) is 8.78 Å². The number of halogens is 3. The van der Waals surface area contributed by atoms with E-state index in [-0.39, 0.29) is 17.7 Å². The zero-order valence-corrected chi connectivity index (χ0v) is 13.6. The molecule has 0 radical (unpaired) electrons. The number of hydrogen-bond donors (Lipinski definition) is 1. The highest BCUT2D eigenvalue weighted by Gasteiger charge is 2.16. The molecule has 2 rings (SSSR count). The summed E-state index contributed by atoms with van der Waals surface area (Å²) >= 11 is 3.25. The van der Waals surface area contributed by atoms with Crippen LogP contribution in [0.5, 0.6) is 0 Å². The maximum atomic E-state index is 13.8. The molecule has 0 aliphatic carbocycles. The monoisotopic (exact) mass is 353 g/mol. The summed E-state index contributed by atoms with van der Waals surface area (Å²) in [6.07, 6.45) is 0. The Labute approximate surface area is 132 Å². The first-order valence-corrected chi connectivity index (χ1v) is 7.69. The van der Waals surface area contributed by atoms with Crippen molar-refractivity contribution in [2.24, 2.45) is 5.92 Å². The SMILES string of the molecule is CC(C)C(NCc1ccc(Br)cc1F)c1ccc(F)cc1. The first-order chi connectivity index (χ1) is 9.97. The lowest BCUT2D eigenvalue weighted by atomic mass is 9.95. The Balaban J connectivity index is 2.12. The van der Waals surface area contributed by atoms with Gasteiger partial charge in [-0.1, -0.05) is 48.0 Å². The van der Waals surface area contributed by atoms with Crippen LogP contribution in [0, 0.1) is 17.6 Å². The van der Waals surface area contributed by atoms with Crippen LogP contribution in [0.1, 0.15) is 31.0 Å². The average Bonchev–Trinajstić information content (AvgIpc) is 2.42. The van der Waals surface area contributed by atoms with Crippen LogP contribution in [0.15, 0.2) is 46.9 Å². The van der Waals surface area contributed by atoms with E-state index in [9.17, 15) is 8.78 Å². The molecule has 0 aliphatic heterocycles. The molecule has 2 aromatic rings. The standard InChI is InChI=1S/C17H18BrF2N/c1-11(2)17(12-4-7-15(19)8-5-12)21-10-13-3-6-14(18)9-16(13)20/h3-9,11,17,21H,10H2,1-2H3. The van der Waals surface area contributed by atoms with Gasteiger partial charge in [0.2, 0.25) is 0 Å². The molecule has 1 nitrogen and oxygen atoms in total. The molecule has 2 aromatic carbocycles. The molecule has 0 saturated carbocycles. The Morgan fingerprint density at radius 2 is 1.71 bits per heavy atom. The lowest BCUT2D eigenvalue weighted by Gasteiger charge is -2.23. The minimum atomic E-state index is -0.250. The molecule has 0 fully saturated rings. The molecule has 112 valence electrons. The maximum absolute atomic E-state index is 13.8. The predicted molar refractivity (Wildman–Crippen MR) is 84.9 cm³/mol. The molecular formula is C17H18BrF2N. The van der Waals surface area contributed by atoms with Gasteiger partial charge in [0.05, 0.1) is 0 Å². The summed E-state index contributed by atoms with van der Waals surface area (Å²) in [4.78, 5) is 0. The summed E-state index contributed by atoms with van der Waals surface area (Å²) in [6.45, 7) is 4.59. The van der Waals surface area contributed by atoms with Crippen molar-refractivity contribution in [1.82, 2.24) is 5.32 Å². The molecule has 0 saturated heterocycles. The topological polar surface area (TPSA) is 12.0 Å². The third kappa shape index (κ3) is 4.35.